The Balaban J connectivity index is 1.58. The van der Waals surface area contributed by atoms with Crippen LogP contribution >= 0.6 is 15.9 Å². The zero-order valence-corrected chi connectivity index (χ0v) is 17.4. The third-order valence-corrected chi connectivity index (χ3v) is 6.62. The number of ether oxygens (including phenoxy) is 1. The molecule has 2 aliphatic carbocycles. The third kappa shape index (κ3) is 7.06. The smallest absolute Gasteiger partial charge is 0.306 e. The molecule has 2 unspecified atom stereocenters. The van der Waals surface area contributed by atoms with E-state index in [4.69, 9.17) is 4.74 Å². The van der Waals surface area contributed by atoms with Gasteiger partial charge in [-0.25, -0.2) is 0 Å². The summed E-state index contributed by atoms with van der Waals surface area (Å²) in [4.78, 5) is 12.2. The highest BCUT2D eigenvalue weighted by Gasteiger charge is 2.42. The normalized spacial score (nSPS) is 32.5. The Kier molecular flexibility index (Phi) is 8.60. The Morgan fingerprint density at radius 2 is 1.58 bits per heavy atom. The summed E-state index contributed by atoms with van der Waals surface area (Å²) in [6.07, 6.45) is 14.6. The number of carbonyl (C=O) groups excluding carboxylic acids is 1. The van der Waals surface area contributed by atoms with Crippen molar-refractivity contribution in [2.24, 2.45) is 23.2 Å². The van der Waals surface area contributed by atoms with E-state index in [9.17, 15) is 4.79 Å². The Bertz CT molecular complexity index is 364. The number of unbranched alkanes of at least 4 members (excludes halogenated alkanes) is 5. The summed E-state index contributed by atoms with van der Waals surface area (Å²) in [5.74, 6) is 2.64. The minimum Gasteiger partial charge on any atom is -0.466 e. The molecular formula is C21H37BrO2. The highest BCUT2D eigenvalue weighted by Crippen LogP contribution is 2.51. The van der Waals surface area contributed by atoms with Crippen LogP contribution in [0.3, 0.4) is 0 Å². The van der Waals surface area contributed by atoms with Crippen LogP contribution in [0.5, 0.6) is 0 Å². The highest BCUT2D eigenvalue weighted by molar-refractivity contribution is 9.09. The van der Waals surface area contributed by atoms with E-state index in [-0.39, 0.29) is 11.4 Å². The van der Waals surface area contributed by atoms with Crippen molar-refractivity contribution in [3.8, 4) is 0 Å². The zero-order valence-electron chi connectivity index (χ0n) is 15.8. The fourth-order valence-corrected chi connectivity index (χ4v) is 5.74. The zero-order chi connectivity index (χ0) is 17.4. The summed E-state index contributed by atoms with van der Waals surface area (Å²) in [5, 5.41) is 1.12. The lowest BCUT2D eigenvalue weighted by Gasteiger charge is -2.47. The standard InChI is InChI=1S/C21H37BrO2/c1-17-11-18-13-19(12-17)15-21(2,14-18)16-20(23)24-10-8-6-4-3-5-7-9-22/h17-19H,3-16H2,1-2H3. The summed E-state index contributed by atoms with van der Waals surface area (Å²) in [7, 11) is 0. The number of hydrogen-bond acceptors (Lipinski definition) is 2. The molecule has 2 aliphatic rings. The van der Waals surface area contributed by atoms with Crippen molar-refractivity contribution in [3.05, 3.63) is 0 Å². The van der Waals surface area contributed by atoms with Crippen molar-refractivity contribution in [1.29, 1.82) is 0 Å². The van der Waals surface area contributed by atoms with Gasteiger partial charge in [0.2, 0.25) is 0 Å². The number of fused-ring (bicyclic) bond motifs is 2. The van der Waals surface area contributed by atoms with Gasteiger partial charge in [-0.15, -0.1) is 0 Å². The van der Waals surface area contributed by atoms with Crippen LogP contribution in [0.25, 0.3) is 0 Å². The summed E-state index contributed by atoms with van der Waals surface area (Å²) in [6, 6.07) is 0. The monoisotopic (exact) mass is 400 g/mol. The van der Waals surface area contributed by atoms with Gasteiger partial charge in [-0.3, -0.25) is 4.79 Å². The molecule has 2 bridgehead atoms. The molecule has 2 rings (SSSR count). The van der Waals surface area contributed by atoms with Crippen LogP contribution in [0.1, 0.15) is 90.9 Å². The quantitative estimate of drug-likeness (QED) is 0.237. The molecule has 24 heavy (non-hydrogen) atoms. The molecule has 2 atom stereocenters. The maximum absolute atomic E-state index is 12.2. The molecule has 3 heteroatoms. The number of halogens is 1. The molecule has 0 aliphatic heterocycles. The van der Waals surface area contributed by atoms with E-state index in [2.05, 4.69) is 29.8 Å². The minimum atomic E-state index is 0.0461. The van der Waals surface area contributed by atoms with Crippen molar-refractivity contribution >= 4 is 21.9 Å². The predicted molar refractivity (Wildman–Crippen MR) is 104 cm³/mol. The molecule has 2 fully saturated rings. The van der Waals surface area contributed by atoms with Gasteiger partial charge in [-0.05, 0) is 68.1 Å². The molecule has 0 radical (unpaired) electrons. The Morgan fingerprint density at radius 1 is 1.00 bits per heavy atom. The van der Waals surface area contributed by atoms with Crippen molar-refractivity contribution in [2.75, 3.05) is 11.9 Å². The van der Waals surface area contributed by atoms with Crippen LogP contribution in [0.2, 0.25) is 0 Å². The molecule has 0 amide bonds. The Labute approximate surface area is 157 Å². The fraction of sp³-hybridized carbons (Fsp3) is 0.952. The lowest BCUT2D eigenvalue weighted by atomic mass is 9.58. The first-order valence-corrected chi connectivity index (χ1v) is 11.3. The van der Waals surface area contributed by atoms with E-state index < -0.39 is 0 Å². The Hall–Kier alpha value is -0.0500. The van der Waals surface area contributed by atoms with Crippen LogP contribution in [-0.2, 0) is 9.53 Å². The van der Waals surface area contributed by atoms with E-state index >= 15 is 0 Å². The van der Waals surface area contributed by atoms with Crippen molar-refractivity contribution < 1.29 is 9.53 Å². The fourth-order valence-electron chi connectivity index (χ4n) is 5.34. The molecule has 0 saturated heterocycles. The summed E-state index contributed by atoms with van der Waals surface area (Å²) >= 11 is 3.47. The van der Waals surface area contributed by atoms with Crippen LogP contribution in [-0.4, -0.2) is 17.9 Å². The molecule has 2 saturated carbocycles. The van der Waals surface area contributed by atoms with E-state index in [0.29, 0.717) is 13.0 Å². The second kappa shape index (κ2) is 10.2. The maximum atomic E-state index is 12.2. The van der Waals surface area contributed by atoms with Gasteiger partial charge in [0, 0.05) is 5.33 Å². The van der Waals surface area contributed by atoms with Crippen LogP contribution < -0.4 is 0 Å². The molecule has 0 N–H and O–H groups in total. The first-order chi connectivity index (χ1) is 11.5. The largest absolute Gasteiger partial charge is 0.466 e. The maximum Gasteiger partial charge on any atom is 0.306 e. The third-order valence-electron chi connectivity index (χ3n) is 6.06. The van der Waals surface area contributed by atoms with Crippen molar-refractivity contribution in [3.63, 3.8) is 0 Å². The second-order valence-corrected chi connectivity index (χ2v) is 9.76. The van der Waals surface area contributed by atoms with E-state index in [1.807, 2.05) is 0 Å². The predicted octanol–water partition coefficient (Wildman–Crippen LogP) is 6.51. The lowest BCUT2D eigenvalue weighted by molar-refractivity contribution is -0.147. The van der Waals surface area contributed by atoms with E-state index in [1.54, 1.807) is 0 Å². The molecule has 140 valence electrons. The average molecular weight is 401 g/mol. The molecular weight excluding hydrogens is 364 g/mol. The van der Waals surface area contributed by atoms with Gasteiger partial charge >= 0.3 is 5.97 Å². The van der Waals surface area contributed by atoms with Crippen LogP contribution in [0.15, 0.2) is 0 Å². The first kappa shape index (κ1) is 20.3. The van der Waals surface area contributed by atoms with Gasteiger partial charge in [-0.1, -0.05) is 55.5 Å². The number of carbonyl (C=O) groups is 1. The average Bonchev–Trinajstić information content (AvgIpc) is 2.47. The summed E-state index contributed by atoms with van der Waals surface area (Å²) in [6.45, 7) is 5.35. The molecule has 0 aromatic heterocycles. The van der Waals surface area contributed by atoms with Crippen molar-refractivity contribution in [1.82, 2.24) is 0 Å². The second-order valence-electron chi connectivity index (χ2n) is 8.97. The van der Waals surface area contributed by atoms with E-state index in [1.165, 1.54) is 64.2 Å². The number of esters is 1. The topological polar surface area (TPSA) is 26.3 Å². The van der Waals surface area contributed by atoms with Gasteiger partial charge in [0.25, 0.3) is 0 Å². The molecule has 0 aromatic carbocycles. The van der Waals surface area contributed by atoms with Gasteiger partial charge in [0.05, 0.1) is 13.0 Å². The summed E-state index contributed by atoms with van der Waals surface area (Å²) < 4.78 is 5.53. The molecule has 0 aromatic rings. The highest BCUT2D eigenvalue weighted by atomic mass is 79.9. The summed E-state index contributed by atoms with van der Waals surface area (Å²) in [5.41, 5.74) is 0.195. The van der Waals surface area contributed by atoms with Crippen molar-refractivity contribution in [2.45, 2.75) is 90.9 Å². The number of rotatable bonds is 10. The number of alkyl halides is 1. The van der Waals surface area contributed by atoms with Gasteiger partial charge in [-0.2, -0.15) is 0 Å². The molecule has 0 heterocycles. The van der Waals surface area contributed by atoms with Crippen LogP contribution in [0, 0.1) is 23.2 Å². The SMILES string of the molecule is CC1CC2CC(C1)CC(C)(CC(=O)OCCCCCCCCBr)C2. The molecule has 0 spiro atoms. The Morgan fingerprint density at radius 3 is 2.21 bits per heavy atom. The van der Waals surface area contributed by atoms with Crippen LogP contribution in [0.4, 0.5) is 0 Å². The molecule has 2 nitrogen and oxygen atoms in total. The first-order valence-electron chi connectivity index (χ1n) is 10.2. The van der Waals surface area contributed by atoms with E-state index in [0.717, 1.165) is 29.5 Å². The van der Waals surface area contributed by atoms with Gasteiger partial charge in [0.15, 0.2) is 0 Å². The number of hydrogen-bond donors (Lipinski definition) is 0. The van der Waals surface area contributed by atoms with Gasteiger partial charge < -0.3 is 4.74 Å². The lowest BCUT2D eigenvalue weighted by Crippen LogP contribution is -2.37. The van der Waals surface area contributed by atoms with Gasteiger partial charge in [0.1, 0.15) is 0 Å². The minimum absolute atomic E-state index is 0.0461.